The summed E-state index contributed by atoms with van der Waals surface area (Å²) >= 11 is 0. The Bertz CT molecular complexity index is 827. The van der Waals surface area contributed by atoms with Crippen LogP contribution in [0.25, 0.3) is 0 Å². The van der Waals surface area contributed by atoms with Crippen molar-refractivity contribution in [2.75, 3.05) is 0 Å². The van der Waals surface area contributed by atoms with Crippen LogP contribution in [-0.2, 0) is 9.53 Å². The first kappa shape index (κ1) is 27.3. The van der Waals surface area contributed by atoms with Gasteiger partial charge < -0.3 is 4.74 Å². The van der Waals surface area contributed by atoms with Crippen LogP contribution in [0, 0.1) is 57.2 Å². The van der Waals surface area contributed by atoms with Gasteiger partial charge in [0.1, 0.15) is 6.10 Å². The SMILES string of the molecule is C=C(C)C(C)CCC(C)C1CCC2(C)C3CCC4C(C)(C)C(OC(C)=O)CCC4(C)C3CCC12C. The molecular formula is C33H56O2. The van der Waals surface area contributed by atoms with Crippen molar-refractivity contribution >= 4 is 5.97 Å². The van der Waals surface area contributed by atoms with Crippen LogP contribution < -0.4 is 0 Å². The highest BCUT2D eigenvalue weighted by atomic mass is 16.5. The molecule has 4 aliphatic rings. The van der Waals surface area contributed by atoms with Crippen molar-refractivity contribution in [1.29, 1.82) is 0 Å². The lowest BCUT2D eigenvalue weighted by Crippen LogP contribution is -2.62. The summed E-state index contributed by atoms with van der Waals surface area (Å²) < 4.78 is 5.89. The number of esters is 1. The number of allylic oxidation sites excluding steroid dienone is 1. The van der Waals surface area contributed by atoms with E-state index in [4.69, 9.17) is 4.74 Å². The van der Waals surface area contributed by atoms with Crippen molar-refractivity contribution in [3.63, 3.8) is 0 Å². The fourth-order valence-corrected chi connectivity index (χ4v) is 10.8. The summed E-state index contributed by atoms with van der Waals surface area (Å²) in [5.41, 5.74) is 2.75. The van der Waals surface area contributed by atoms with Crippen molar-refractivity contribution in [2.45, 2.75) is 133 Å². The number of hydrogen-bond acceptors (Lipinski definition) is 2. The maximum absolute atomic E-state index is 11.8. The molecular weight excluding hydrogens is 428 g/mol. The number of rotatable bonds is 6. The second kappa shape index (κ2) is 9.20. The van der Waals surface area contributed by atoms with Gasteiger partial charge in [-0.25, -0.2) is 0 Å². The van der Waals surface area contributed by atoms with Crippen molar-refractivity contribution < 1.29 is 9.53 Å². The first-order chi connectivity index (χ1) is 16.2. The fourth-order valence-electron chi connectivity index (χ4n) is 10.8. The predicted octanol–water partition coefficient (Wildman–Crippen LogP) is 9.23. The zero-order valence-corrected chi connectivity index (χ0v) is 24.6. The zero-order valence-electron chi connectivity index (χ0n) is 24.6. The van der Waals surface area contributed by atoms with Gasteiger partial charge in [0.2, 0.25) is 0 Å². The van der Waals surface area contributed by atoms with Gasteiger partial charge in [0.15, 0.2) is 0 Å². The van der Waals surface area contributed by atoms with Gasteiger partial charge in [0.05, 0.1) is 0 Å². The summed E-state index contributed by atoms with van der Waals surface area (Å²) in [6, 6.07) is 0. The Balaban J connectivity index is 1.54. The van der Waals surface area contributed by atoms with Gasteiger partial charge >= 0.3 is 5.97 Å². The Labute approximate surface area is 217 Å². The van der Waals surface area contributed by atoms with E-state index >= 15 is 0 Å². The molecule has 4 rings (SSSR count). The summed E-state index contributed by atoms with van der Waals surface area (Å²) in [5, 5.41) is 0. The molecule has 200 valence electrons. The molecule has 0 bridgehead atoms. The minimum Gasteiger partial charge on any atom is -0.462 e. The molecule has 0 aromatic heterocycles. The van der Waals surface area contributed by atoms with Crippen LogP contribution in [0.15, 0.2) is 12.2 Å². The average molecular weight is 485 g/mol. The summed E-state index contributed by atoms with van der Waals surface area (Å²) in [6.07, 6.45) is 13.4. The third kappa shape index (κ3) is 4.16. The molecule has 0 radical (unpaired) electrons. The van der Waals surface area contributed by atoms with Gasteiger partial charge in [-0.1, -0.05) is 60.6 Å². The van der Waals surface area contributed by atoms with Crippen molar-refractivity contribution in [3.8, 4) is 0 Å². The molecule has 0 heterocycles. The molecule has 2 heteroatoms. The lowest BCUT2D eigenvalue weighted by molar-refractivity contribution is -0.209. The Morgan fingerprint density at radius 3 is 2.14 bits per heavy atom. The van der Waals surface area contributed by atoms with Crippen molar-refractivity contribution in [1.82, 2.24) is 0 Å². The van der Waals surface area contributed by atoms with Crippen LogP contribution in [0.2, 0.25) is 0 Å². The van der Waals surface area contributed by atoms with Crippen molar-refractivity contribution in [2.24, 2.45) is 57.2 Å². The van der Waals surface area contributed by atoms with E-state index in [1.165, 1.54) is 63.4 Å². The maximum atomic E-state index is 11.8. The highest BCUT2D eigenvalue weighted by Gasteiger charge is 2.67. The van der Waals surface area contributed by atoms with E-state index in [0.717, 1.165) is 30.1 Å². The number of carbonyl (C=O) groups excluding carboxylic acids is 1. The topological polar surface area (TPSA) is 26.3 Å². The molecule has 4 aliphatic carbocycles. The predicted molar refractivity (Wildman–Crippen MR) is 147 cm³/mol. The third-order valence-electron chi connectivity index (χ3n) is 13.4. The summed E-state index contributed by atoms with van der Waals surface area (Å²) in [4.78, 5) is 11.8. The van der Waals surface area contributed by atoms with Gasteiger partial charge in [-0.05, 0) is 123 Å². The smallest absolute Gasteiger partial charge is 0.302 e. The van der Waals surface area contributed by atoms with Gasteiger partial charge in [-0.15, -0.1) is 0 Å². The van der Waals surface area contributed by atoms with Gasteiger partial charge in [0.25, 0.3) is 0 Å². The van der Waals surface area contributed by atoms with Crippen LogP contribution in [0.3, 0.4) is 0 Å². The minimum absolute atomic E-state index is 0.0675. The van der Waals surface area contributed by atoms with Gasteiger partial charge in [0, 0.05) is 12.3 Å². The highest BCUT2D eigenvalue weighted by molar-refractivity contribution is 5.66. The fraction of sp³-hybridized carbons (Fsp3) is 0.909. The molecule has 35 heavy (non-hydrogen) atoms. The third-order valence-corrected chi connectivity index (χ3v) is 13.4. The van der Waals surface area contributed by atoms with E-state index in [9.17, 15) is 4.79 Å². The van der Waals surface area contributed by atoms with Crippen LogP contribution >= 0.6 is 0 Å². The van der Waals surface area contributed by atoms with E-state index < -0.39 is 0 Å². The normalized spacial score (nSPS) is 46.0. The van der Waals surface area contributed by atoms with Crippen molar-refractivity contribution in [3.05, 3.63) is 12.2 Å². The molecule has 10 unspecified atom stereocenters. The Hall–Kier alpha value is -0.790. The molecule has 0 aromatic rings. The highest BCUT2D eigenvalue weighted by Crippen LogP contribution is 2.74. The van der Waals surface area contributed by atoms with Crippen LogP contribution in [-0.4, -0.2) is 12.1 Å². The van der Waals surface area contributed by atoms with E-state index in [2.05, 4.69) is 62.0 Å². The lowest BCUT2D eigenvalue weighted by Gasteiger charge is -2.67. The quantitative estimate of drug-likeness (QED) is 0.277. The maximum Gasteiger partial charge on any atom is 0.302 e. The Kier molecular flexibility index (Phi) is 7.16. The first-order valence-corrected chi connectivity index (χ1v) is 15.0. The summed E-state index contributed by atoms with van der Waals surface area (Å²) in [5.74, 6) is 4.56. The van der Waals surface area contributed by atoms with Crippen LogP contribution in [0.1, 0.15) is 127 Å². The molecule has 0 aliphatic heterocycles. The molecule has 4 fully saturated rings. The molecule has 2 nitrogen and oxygen atoms in total. The zero-order chi connectivity index (χ0) is 26.0. The molecule has 0 spiro atoms. The molecule has 0 N–H and O–H groups in total. The monoisotopic (exact) mass is 484 g/mol. The van der Waals surface area contributed by atoms with E-state index in [1.54, 1.807) is 6.92 Å². The molecule has 10 atom stereocenters. The number of hydrogen-bond donors (Lipinski definition) is 0. The second-order valence-corrected chi connectivity index (χ2v) is 15.1. The second-order valence-electron chi connectivity index (χ2n) is 15.1. The number of ether oxygens (including phenoxy) is 1. The average Bonchev–Trinajstić information content (AvgIpc) is 3.05. The Morgan fingerprint density at radius 2 is 1.51 bits per heavy atom. The van der Waals surface area contributed by atoms with Gasteiger partial charge in [-0.3, -0.25) is 4.79 Å². The number of carbonyl (C=O) groups is 1. The molecule has 0 aromatic carbocycles. The van der Waals surface area contributed by atoms with Crippen LogP contribution in [0.5, 0.6) is 0 Å². The first-order valence-electron chi connectivity index (χ1n) is 15.0. The van der Waals surface area contributed by atoms with Gasteiger partial charge in [-0.2, -0.15) is 0 Å². The largest absolute Gasteiger partial charge is 0.462 e. The van der Waals surface area contributed by atoms with Crippen LogP contribution in [0.4, 0.5) is 0 Å². The molecule has 0 saturated heterocycles. The summed E-state index contributed by atoms with van der Waals surface area (Å²) in [6.45, 7) is 25.8. The van der Waals surface area contributed by atoms with E-state index in [0.29, 0.717) is 28.1 Å². The van der Waals surface area contributed by atoms with E-state index in [-0.39, 0.29) is 17.5 Å². The lowest BCUT2D eigenvalue weighted by atomic mass is 9.38. The molecule has 0 amide bonds. The Morgan fingerprint density at radius 1 is 0.857 bits per heavy atom. The molecule has 4 saturated carbocycles. The minimum atomic E-state index is -0.106. The standard InChI is InChI=1S/C33H56O2/c1-21(2)22(3)11-12-23(4)25-15-19-33(10)27-13-14-28-30(6,7)29(35-24(5)34)17-18-31(28,8)26(27)16-20-32(25,33)9/h22-23,25-29H,1,11-20H2,2-10H3. The summed E-state index contributed by atoms with van der Waals surface area (Å²) in [7, 11) is 0. The van der Waals surface area contributed by atoms with E-state index in [1.807, 2.05) is 0 Å². The number of fused-ring (bicyclic) bond motifs is 5.